The van der Waals surface area contributed by atoms with Gasteiger partial charge >= 0.3 is 5.97 Å². The number of ether oxygens (including phenoxy) is 2. The van der Waals surface area contributed by atoms with Crippen LogP contribution in [-0.4, -0.2) is 31.8 Å². The first kappa shape index (κ1) is 11.5. The van der Waals surface area contributed by atoms with Gasteiger partial charge in [0.25, 0.3) is 0 Å². The number of hydrogen-bond acceptors (Lipinski definition) is 4. The van der Waals surface area contributed by atoms with Gasteiger partial charge in [0.15, 0.2) is 0 Å². The molecule has 0 fully saturated rings. The zero-order valence-corrected chi connectivity index (χ0v) is 8.70. The van der Waals surface area contributed by atoms with Crippen LogP contribution in [0.3, 0.4) is 0 Å². The number of aromatic nitrogens is 1. The van der Waals surface area contributed by atoms with Crippen LogP contribution in [0.2, 0.25) is 0 Å². The summed E-state index contributed by atoms with van der Waals surface area (Å²) in [5.74, 6) is -0.514. The number of carbonyl (C=O) groups is 1. The lowest BCUT2D eigenvalue weighted by Gasteiger charge is -2.03. The van der Waals surface area contributed by atoms with Gasteiger partial charge in [0.1, 0.15) is 0 Å². The van der Waals surface area contributed by atoms with Crippen LogP contribution in [0.25, 0.3) is 0 Å². The molecule has 15 heavy (non-hydrogen) atoms. The summed E-state index contributed by atoms with van der Waals surface area (Å²) in [7, 11) is 2.85. The Kier molecular flexibility index (Phi) is 4.05. The van der Waals surface area contributed by atoms with Crippen LogP contribution in [0.5, 0.6) is 0 Å². The molecule has 1 aromatic heterocycles. The molecule has 1 heterocycles. The molecule has 0 radical (unpaired) electrons. The molecule has 0 amide bonds. The second kappa shape index (κ2) is 5.31. The molecule has 5 nitrogen and oxygen atoms in total. The highest BCUT2D eigenvalue weighted by atomic mass is 16.5. The van der Waals surface area contributed by atoms with Gasteiger partial charge in [0.05, 0.1) is 19.3 Å². The summed E-state index contributed by atoms with van der Waals surface area (Å²) >= 11 is 0. The Morgan fingerprint density at radius 1 is 1.40 bits per heavy atom. The van der Waals surface area contributed by atoms with Crippen molar-refractivity contribution in [1.29, 1.82) is 0 Å². The Morgan fingerprint density at radius 3 is 2.73 bits per heavy atom. The van der Waals surface area contributed by atoms with Crippen LogP contribution >= 0.6 is 0 Å². The Bertz CT molecular complexity index is 397. The second-order valence-electron chi connectivity index (χ2n) is 2.99. The van der Waals surface area contributed by atoms with Crippen LogP contribution in [0, 0.1) is 0 Å². The van der Waals surface area contributed by atoms with Crippen LogP contribution in [0.1, 0.15) is 16.1 Å². The molecular formula is C10H13NO4. The lowest BCUT2D eigenvalue weighted by Crippen LogP contribution is -2.14. The highest BCUT2D eigenvalue weighted by Crippen LogP contribution is 2.01. The van der Waals surface area contributed by atoms with E-state index < -0.39 is 5.97 Å². The van der Waals surface area contributed by atoms with E-state index in [4.69, 9.17) is 4.74 Å². The smallest absolute Gasteiger partial charge is 0.338 e. The normalized spacial score (nSPS) is 10.0. The van der Waals surface area contributed by atoms with E-state index in [9.17, 15) is 9.59 Å². The molecule has 1 rings (SSSR count). The van der Waals surface area contributed by atoms with Crippen molar-refractivity contribution in [2.24, 2.45) is 0 Å². The van der Waals surface area contributed by atoms with Gasteiger partial charge in [-0.05, 0) is 6.07 Å². The molecule has 0 bridgehead atoms. The minimum Gasteiger partial charge on any atom is -0.465 e. The van der Waals surface area contributed by atoms with Crippen molar-refractivity contribution in [2.75, 3.05) is 20.8 Å². The van der Waals surface area contributed by atoms with Crippen LogP contribution in [-0.2, 0) is 15.9 Å². The summed E-state index contributed by atoms with van der Waals surface area (Å²) in [5.41, 5.74) is 0.598. The molecule has 0 saturated heterocycles. The summed E-state index contributed by atoms with van der Waals surface area (Å²) in [6.45, 7) is 0.487. The molecule has 82 valence electrons. The fraction of sp³-hybridized carbons (Fsp3) is 0.400. The molecule has 0 spiro atoms. The number of pyridine rings is 1. The quantitative estimate of drug-likeness (QED) is 0.730. The number of H-pyrrole nitrogens is 1. The molecule has 0 aliphatic heterocycles. The number of carbonyl (C=O) groups excluding carboxylic acids is 1. The minimum atomic E-state index is -0.514. The molecule has 1 aromatic rings. The van der Waals surface area contributed by atoms with Gasteiger partial charge < -0.3 is 14.5 Å². The maximum Gasteiger partial charge on any atom is 0.338 e. The molecule has 0 aliphatic rings. The van der Waals surface area contributed by atoms with E-state index in [-0.39, 0.29) is 11.1 Å². The first-order valence-corrected chi connectivity index (χ1v) is 4.48. The first-order valence-electron chi connectivity index (χ1n) is 4.48. The SMILES string of the molecule is COCCc1cc(C(=O)OC)cc(=O)[nH]1. The van der Waals surface area contributed by atoms with Gasteiger partial charge in [-0.15, -0.1) is 0 Å². The van der Waals surface area contributed by atoms with E-state index in [2.05, 4.69) is 9.72 Å². The fourth-order valence-electron chi connectivity index (χ4n) is 1.18. The Balaban J connectivity index is 2.94. The van der Waals surface area contributed by atoms with Crippen molar-refractivity contribution in [2.45, 2.75) is 6.42 Å². The summed E-state index contributed by atoms with van der Waals surface area (Å²) < 4.78 is 9.40. The minimum absolute atomic E-state index is 0.257. The maximum absolute atomic E-state index is 11.2. The standard InChI is InChI=1S/C10H13NO4/c1-14-4-3-8-5-7(10(13)15-2)6-9(12)11-8/h5-6H,3-4H2,1-2H3,(H,11,12). The molecule has 0 aromatic carbocycles. The van der Waals surface area contributed by atoms with Gasteiger partial charge in [-0.3, -0.25) is 4.79 Å². The molecule has 0 unspecified atom stereocenters. The Hall–Kier alpha value is -1.62. The van der Waals surface area contributed by atoms with Crippen molar-refractivity contribution in [1.82, 2.24) is 4.98 Å². The molecule has 5 heteroatoms. The number of hydrogen-bond donors (Lipinski definition) is 1. The summed E-state index contributed by atoms with van der Waals surface area (Å²) in [5, 5.41) is 0. The Morgan fingerprint density at radius 2 is 2.13 bits per heavy atom. The molecular weight excluding hydrogens is 198 g/mol. The second-order valence-corrected chi connectivity index (χ2v) is 2.99. The predicted octanol–water partition coefficient (Wildman–Crippen LogP) is 0.350. The highest BCUT2D eigenvalue weighted by molar-refractivity contribution is 5.89. The van der Waals surface area contributed by atoms with Gasteiger partial charge in [-0.1, -0.05) is 0 Å². The predicted molar refractivity (Wildman–Crippen MR) is 54.0 cm³/mol. The van der Waals surface area contributed by atoms with Crippen molar-refractivity contribution < 1.29 is 14.3 Å². The third-order valence-corrected chi connectivity index (χ3v) is 1.90. The summed E-state index contributed by atoms with van der Waals surface area (Å²) in [4.78, 5) is 25.0. The van der Waals surface area contributed by atoms with Gasteiger partial charge in [-0.25, -0.2) is 4.79 Å². The van der Waals surface area contributed by atoms with Crippen LogP contribution in [0.4, 0.5) is 0 Å². The average Bonchev–Trinajstić information content (AvgIpc) is 2.24. The summed E-state index contributed by atoms with van der Waals surface area (Å²) in [6.07, 6.45) is 0.552. The fourth-order valence-corrected chi connectivity index (χ4v) is 1.18. The zero-order valence-electron chi connectivity index (χ0n) is 8.70. The summed E-state index contributed by atoms with van der Waals surface area (Å²) in [6, 6.07) is 2.80. The monoisotopic (exact) mass is 211 g/mol. The zero-order chi connectivity index (χ0) is 11.3. The van der Waals surface area contributed by atoms with Gasteiger partial charge in [-0.2, -0.15) is 0 Å². The number of rotatable bonds is 4. The van der Waals surface area contributed by atoms with Crippen molar-refractivity contribution >= 4 is 5.97 Å². The van der Waals surface area contributed by atoms with E-state index >= 15 is 0 Å². The number of nitrogens with one attached hydrogen (secondary N) is 1. The average molecular weight is 211 g/mol. The topological polar surface area (TPSA) is 68.4 Å². The van der Waals surface area contributed by atoms with Gasteiger partial charge in [0, 0.05) is 25.3 Å². The van der Waals surface area contributed by atoms with Crippen molar-refractivity contribution in [3.05, 3.63) is 33.7 Å². The molecule has 0 saturated carbocycles. The highest BCUT2D eigenvalue weighted by Gasteiger charge is 2.07. The maximum atomic E-state index is 11.2. The lowest BCUT2D eigenvalue weighted by molar-refractivity contribution is 0.0600. The number of esters is 1. The third-order valence-electron chi connectivity index (χ3n) is 1.90. The lowest BCUT2D eigenvalue weighted by atomic mass is 10.2. The first-order chi connectivity index (χ1) is 7.17. The van der Waals surface area contributed by atoms with E-state index in [1.165, 1.54) is 13.2 Å². The number of aromatic amines is 1. The molecule has 1 N–H and O–H groups in total. The Labute approximate surface area is 87.0 Å². The van der Waals surface area contributed by atoms with E-state index in [0.29, 0.717) is 18.7 Å². The van der Waals surface area contributed by atoms with E-state index in [0.717, 1.165) is 0 Å². The van der Waals surface area contributed by atoms with Crippen LogP contribution < -0.4 is 5.56 Å². The largest absolute Gasteiger partial charge is 0.465 e. The van der Waals surface area contributed by atoms with Crippen molar-refractivity contribution in [3.63, 3.8) is 0 Å². The molecule has 0 atom stereocenters. The van der Waals surface area contributed by atoms with Crippen molar-refractivity contribution in [3.8, 4) is 0 Å². The van der Waals surface area contributed by atoms with Gasteiger partial charge in [0.2, 0.25) is 5.56 Å². The van der Waals surface area contributed by atoms with Crippen LogP contribution in [0.15, 0.2) is 16.9 Å². The van der Waals surface area contributed by atoms with E-state index in [1.54, 1.807) is 13.2 Å². The number of methoxy groups -OCH3 is 2. The van der Waals surface area contributed by atoms with E-state index in [1.807, 2.05) is 0 Å². The molecule has 0 aliphatic carbocycles. The third kappa shape index (κ3) is 3.21.